The number of hydrogen-bond donors (Lipinski definition) is 1. The average Bonchev–Trinajstić information content (AvgIpc) is 2.45. The lowest BCUT2D eigenvalue weighted by Crippen LogP contribution is -2.06. The molecule has 0 aliphatic heterocycles. The van der Waals surface area contributed by atoms with Crippen molar-refractivity contribution in [3.63, 3.8) is 0 Å². The molecular weight excluding hydrogens is 248 g/mol. The van der Waals surface area contributed by atoms with Crippen molar-refractivity contribution < 1.29 is 0 Å². The van der Waals surface area contributed by atoms with Gasteiger partial charge in [-0.05, 0) is 37.5 Å². The Kier molecular flexibility index (Phi) is 5.04. The third-order valence-electron chi connectivity index (χ3n) is 2.99. The highest BCUT2D eigenvalue weighted by Crippen LogP contribution is 2.17. The molecule has 2 aromatic heterocycles. The van der Waals surface area contributed by atoms with E-state index in [-0.39, 0.29) is 0 Å². The van der Waals surface area contributed by atoms with Crippen molar-refractivity contribution in [1.82, 2.24) is 15.0 Å². The first kappa shape index (κ1) is 14.4. The Morgan fingerprint density at radius 2 is 1.95 bits per heavy atom. The maximum Gasteiger partial charge on any atom is 0.180 e. The first-order valence-corrected chi connectivity index (χ1v) is 7.27. The summed E-state index contributed by atoms with van der Waals surface area (Å²) in [4.78, 5) is 13.6. The van der Waals surface area contributed by atoms with Gasteiger partial charge in [0.1, 0.15) is 11.5 Å². The van der Waals surface area contributed by atoms with Crippen molar-refractivity contribution in [2.24, 2.45) is 0 Å². The fraction of sp³-hybridized carbons (Fsp3) is 0.438. The SMILES string of the molecule is CCCNc1cc(CCC)nc(-c2cc(C)ccn2)n1. The van der Waals surface area contributed by atoms with E-state index < -0.39 is 0 Å². The number of aromatic nitrogens is 3. The molecule has 0 fully saturated rings. The lowest BCUT2D eigenvalue weighted by molar-refractivity contribution is 0.871. The lowest BCUT2D eigenvalue weighted by atomic mass is 10.2. The zero-order valence-corrected chi connectivity index (χ0v) is 12.5. The van der Waals surface area contributed by atoms with Gasteiger partial charge in [0, 0.05) is 24.5 Å². The summed E-state index contributed by atoms with van der Waals surface area (Å²) >= 11 is 0. The number of nitrogens with one attached hydrogen (secondary N) is 1. The van der Waals surface area contributed by atoms with E-state index >= 15 is 0 Å². The van der Waals surface area contributed by atoms with Crippen LogP contribution in [0.2, 0.25) is 0 Å². The predicted octanol–water partition coefficient (Wildman–Crippen LogP) is 3.62. The van der Waals surface area contributed by atoms with Crippen molar-refractivity contribution in [2.75, 3.05) is 11.9 Å². The summed E-state index contributed by atoms with van der Waals surface area (Å²) in [5.74, 6) is 1.60. The van der Waals surface area contributed by atoms with Crippen LogP contribution >= 0.6 is 0 Å². The first-order valence-electron chi connectivity index (χ1n) is 7.27. The molecule has 0 amide bonds. The standard InChI is InChI=1S/C16H22N4/c1-4-6-13-11-15(18-8-5-2)20-16(19-13)14-10-12(3)7-9-17-14/h7,9-11H,4-6,8H2,1-3H3,(H,18,19,20). The Morgan fingerprint density at radius 3 is 2.65 bits per heavy atom. The molecule has 2 heterocycles. The van der Waals surface area contributed by atoms with Gasteiger partial charge in [-0.15, -0.1) is 0 Å². The Hall–Kier alpha value is -1.97. The van der Waals surface area contributed by atoms with E-state index in [2.05, 4.69) is 41.0 Å². The monoisotopic (exact) mass is 270 g/mol. The van der Waals surface area contributed by atoms with Crippen LogP contribution in [-0.4, -0.2) is 21.5 Å². The molecule has 0 aliphatic rings. The number of anilines is 1. The summed E-state index contributed by atoms with van der Waals surface area (Å²) in [6, 6.07) is 6.04. The summed E-state index contributed by atoms with van der Waals surface area (Å²) in [6.45, 7) is 7.27. The maximum absolute atomic E-state index is 4.63. The molecule has 2 aromatic rings. The second-order valence-electron chi connectivity index (χ2n) is 4.96. The van der Waals surface area contributed by atoms with E-state index in [0.29, 0.717) is 5.82 Å². The Bertz CT molecular complexity index is 566. The summed E-state index contributed by atoms with van der Waals surface area (Å²) < 4.78 is 0. The molecule has 0 aliphatic carbocycles. The minimum Gasteiger partial charge on any atom is -0.370 e. The van der Waals surface area contributed by atoms with Crippen LogP contribution in [0.4, 0.5) is 5.82 Å². The second kappa shape index (κ2) is 6.98. The molecule has 20 heavy (non-hydrogen) atoms. The van der Waals surface area contributed by atoms with Gasteiger partial charge in [0.05, 0.1) is 0 Å². The molecule has 0 aromatic carbocycles. The third kappa shape index (κ3) is 3.76. The van der Waals surface area contributed by atoms with Gasteiger partial charge >= 0.3 is 0 Å². The largest absolute Gasteiger partial charge is 0.370 e. The topological polar surface area (TPSA) is 50.7 Å². The molecule has 0 bridgehead atoms. The van der Waals surface area contributed by atoms with Crippen LogP contribution in [0.5, 0.6) is 0 Å². The van der Waals surface area contributed by atoms with Crippen molar-refractivity contribution in [2.45, 2.75) is 40.0 Å². The van der Waals surface area contributed by atoms with Gasteiger partial charge in [-0.25, -0.2) is 9.97 Å². The lowest BCUT2D eigenvalue weighted by Gasteiger charge is -2.09. The number of nitrogens with zero attached hydrogens (tertiary/aromatic N) is 3. The van der Waals surface area contributed by atoms with Gasteiger partial charge in [0.15, 0.2) is 5.82 Å². The molecular formula is C16H22N4. The zero-order valence-electron chi connectivity index (χ0n) is 12.5. The van der Waals surface area contributed by atoms with Gasteiger partial charge in [-0.1, -0.05) is 20.3 Å². The van der Waals surface area contributed by atoms with Crippen LogP contribution in [0.25, 0.3) is 11.5 Å². The van der Waals surface area contributed by atoms with Crippen molar-refractivity contribution in [3.8, 4) is 11.5 Å². The van der Waals surface area contributed by atoms with E-state index in [1.807, 2.05) is 18.2 Å². The number of rotatable bonds is 6. The van der Waals surface area contributed by atoms with Crippen molar-refractivity contribution in [1.29, 1.82) is 0 Å². The van der Waals surface area contributed by atoms with Crippen LogP contribution in [0.15, 0.2) is 24.4 Å². The molecule has 4 heteroatoms. The molecule has 0 saturated heterocycles. The molecule has 0 spiro atoms. The van der Waals surface area contributed by atoms with E-state index in [1.54, 1.807) is 6.20 Å². The molecule has 0 atom stereocenters. The van der Waals surface area contributed by atoms with Gasteiger partial charge in [0.25, 0.3) is 0 Å². The molecule has 2 rings (SSSR count). The molecule has 0 radical (unpaired) electrons. The smallest absolute Gasteiger partial charge is 0.180 e. The average molecular weight is 270 g/mol. The molecule has 106 valence electrons. The molecule has 0 saturated carbocycles. The normalized spacial score (nSPS) is 10.6. The summed E-state index contributed by atoms with van der Waals surface area (Å²) in [7, 11) is 0. The van der Waals surface area contributed by atoms with Crippen LogP contribution < -0.4 is 5.32 Å². The quantitative estimate of drug-likeness (QED) is 0.871. The zero-order chi connectivity index (χ0) is 14.4. The number of aryl methyl sites for hydroxylation is 2. The Labute approximate surface area is 120 Å². The maximum atomic E-state index is 4.63. The Morgan fingerprint density at radius 1 is 1.10 bits per heavy atom. The fourth-order valence-corrected chi connectivity index (χ4v) is 2.00. The second-order valence-corrected chi connectivity index (χ2v) is 4.96. The predicted molar refractivity (Wildman–Crippen MR) is 82.8 cm³/mol. The fourth-order valence-electron chi connectivity index (χ4n) is 2.00. The van der Waals surface area contributed by atoms with Gasteiger partial charge in [-0.2, -0.15) is 0 Å². The van der Waals surface area contributed by atoms with E-state index in [0.717, 1.165) is 43.0 Å². The van der Waals surface area contributed by atoms with Gasteiger partial charge in [0.2, 0.25) is 0 Å². The molecule has 0 unspecified atom stereocenters. The van der Waals surface area contributed by atoms with Gasteiger partial charge in [-0.3, -0.25) is 4.98 Å². The number of hydrogen-bond acceptors (Lipinski definition) is 4. The molecule has 1 N–H and O–H groups in total. The highest BCUT2D eigenvalue weighted by molar-refractivity contribution is 5.54. The molecule has 4 nitrogen and oxygen atoms in total. The van der Waals surface area contributed by atoms with E-state index in [4.69, 9.17) is 0 Å². The summed E-state index contributed by atoms with van der Waals surface area (Å²) in [5.41, 5.74) is 3.07. The highest BCUT2D eigenvalue weighted by Gasteiger charge is 2.08. The van der Waals surface area contributed by atoms with Crippen LogP contribution in [-0.2, 0) is 6.42 Å². The minimum atomic E-state index is 0.707. The van der Waals surface area contributed by atoms with E-state index in [9.17, 15) is 0 Å². The summed E-state index contributed by atoms with van der Waals surface area (Å²) in [5, 5.41) is 3.34. The Balaban J connectivity index is 2.37. The number of pyridine rings is 1. The first-order chi connectivity index (χ1) is 9.72. The highest BCUT2D eigenvalue weighted by atomic mass is 15.0. The van der Waals surface area contributed by atoms with Crippen LogP contribution in [0.1, 0.15) is 37.9 Å². The van der Waals surface area contributed by atoms with Crippen molar-refractivity contribution >= 4 is 5.82 Å². The van der Waals surface area contributed by atoms with Crippen LogP contribution in [0.3, 0.4) is 0 Å². The third-order valence-corrected chi connectivity index (χ3v) is 2.99. The van der Waals surface area contributed by atoms with Gasteiger partial charge < -0.3 is 5.32 Å². The van der Waals surface area contributed by atoms with Crippen molar-refractivity contribution in [3.05, 3.63) is 35.7 Å². The van der Waals surface area contributed by atoms with Crippen LogP contribution in [0, 0.1) is 6.92 Å². The minimum absolute atomic E-state index is 0.707. The summed E-state index contributed by atoms with van der Waals surface area (Å²) in [6.07, 6.45) is 4.91. The van der Waals surface area contributed by atoms with E-state index in [1.165, 1.54) is 5.56 Å².